The van der Waals surface area contributed by atoms with E-state index in [1.54, 1.807) is 11.8 Å². The van der Waals surface area contributed by atoms with Gasteiger partial charge >= 0.3 is 0 Å². The molecule has 152 valence electrons. The molecule has 1 aromatic heterocycles. The molecule has 1 saturated heterocycles. The highest BCUT2D eigenvalue weighted by Crippen LogP contribution is 2.22. The average molecular weight is 386 g/mol. The van der Waals surface area contributed by atoms with Crippen LogP contribution in [0.1, 0.15) is 29.8 Å². The lowest BCUT2D eigenvalue weighted by atomic mass is 10.1. The molecule has 0 bridgehead atoms. The van der Waals surface area contributed by atoms with Gasteiger partial charge in [-0.25, -0.2) is 0 Å². The number of aryl methyl sites for hydroxylation is 2. The van der Waals surface area contributed by atoms with Crippen LogP contribution >= 0.6 is 0 Å². The summed E-state index contributed by atoms with van der Waals surface area (Å²) in [5, 5.41) is 7.40. The molecule has 0 radical (unpaired) electrons. The molecule has 3 rings (SSSR count). The number of para-hydroxylation sites is 1. The minimum absolute atomic E-state index is 0.0490. The van der Waals surface area contributed by atoms with Crippen LogP contribution < -0.4 is 10.1 Å². The summed E-state index contributed by atoms with van der Waals surface area (Å²) in [6.45, 7) is 6.29. The largest absolute Gasteiger partial charge is 0.496 e. The number of amides is 1. The van der Waals surface area contributed by atoms with Gasteiger partial charge in [0, 0.05) is 32.3 Å². The molecular formula is C21H30N4O3. The number of anilines is 1. The predicted octanol–water partition coefficient (Wildman–Crippen LogP) is 2.67. The molecule has 1 aliphatic rings. The van der Waals surface area contributed by atoms with E-state index in [1.807, 2.05) is 45.2 Å². The second-order valence-corrected chi connectivity index (χ2v) is 7.33. The van der Waals surface area contributed by atoms with E-state index in [4.69, 9.17) is 9.47 Å². The van der Waals surface area contributed by atoms with E-state index in [0.29, 0.717) is 6.54 Å². The van der Waals surface area contributed by atoms with E-state index in [9.17, 15) is 4.79 Å². The van der Waals surface area contributed by atoms with Crippen molar-refractivity contribution in [3.05, 3.63) is 41.2 Å². The highest BCUT2D eigenvalue weighted by Gasteiger charge is 2.22. The molecule has 1 aromatic carbocycles. The zero-order valence-electron chi connectivity index (χ0n) is 17.2. The molecule has 2 aromatic rings. The fourth-order valence-corrected chi connectivity index (χ4v) is 3.67. The van der Waals surface area contributed by atoms with Gasteiger partial charge in [0.05, 0.1) is 36.8 Å². The second-order valence-electron chi connectivity index (χ2n) is 7.33. The van der Waals surface area contributed by atoms with Gasteiger partial charge in [0.25, 0.3) is 0 Å². The monoisotopic (exact) mass is 386 g/mol. The number of methoxy groups -OCH3 is 1. The smallest absolute Gasteiger partial charge is 0.238 e. The molecule has 7 nitrogen and oxygen atoms in total. The maximum absolute atomic E-state index is 12.8. The van der Waals surface area contributed by atoms with E-state index in [-0.39, 0.29) is 18.6 Å². The van der Waals surface area contributed by atoms with Gasteiger partial charge in [-0.05, 0) is 32.8 Å². The number of benzene rings is 1. The van der Waals surface area contributed by atoms with Crippen molar-refractivity contribution in [2.75, 3.05) is 32.1 Å². The molecule has 1 amide bonds. The van der Waals surface area contributed by atoms with Crippen LogP contribution in [0.5, 0.6) is 5.75 Å². The summed E-state index contributed by atoms with van der Waals surface area (Å²) in [5.41, 5.74) is 3.62. The Hall–Kier alpha value is -2.38. The van der Waals surface area contributed by atoms with Crippen molar-refractivity contribution < 1.29 is 14.3 Å². The number of ether oxygens (including phenoxy) is 2. The lowest BCUT2D eigenvalue weighted by Gasteiger charge is -2.25. The van der Waals surface area contributed by atoms with Gasteiger partial charge < -0.3 is 14.8 Å². The first-order chi connectivity index (χ1) is 13.5. The highest BCUT2D eigenvalue weighted by molar-refractivity contribution is 5.93. The number of carbonyl (C=O) groups excluding carboxylic acids is 1. The van der Waals surface area contributed by atoms with Crippen molar-refractivity contribution >= 4 is 11.6 Å². The molecule has 2 heterocycles. The summed E-state index contributed by atoms with van der Waals surface area (Å²) in [5.74, 6) is 0.784. The Morgan fingerprint density at radius 3 is 2.82 bits per heavy atom. The van der Waals surface area contributed by atoms with Crippen LogP contribution in [0.3, 0.4) is 0 Å². The van der Waals surface area contributed by atoms with Gasteiger partial charge in [-0.1, -0.05) is 18.2 Å². The molecule has 28 heavy (non-hydrogen) atoms. The summed E-state index contributed by atoms with van der Waals surface area (Å²) < 4.78 is 13.1. The SMILES string of the molecule is COc1ccccc1CN(CC(=O)Nc1c(C)nn(C)c1C)C[C@@H]1CCCO1. The lowest BCUT2D eigenvalue weighted by molar-refractivity contribution is -0.117. The summed E-state index contributed by atoms with van der Waals surface area (Å²) in [6.07, 6.45) is 2.28. The Balaban J connectivity index is 1.71. The Bertz CT molecular complexity index is 812. The molecule has 1 aliphatic heterocycles. The van der Waals surface area contributed by atoms with Crippen LogP contribution in [-0.2, 0) is 23.1 Å². The Labute approximate surface area is 166 Å². The number of nitrogens with zero attached hydrogens (tertiary/aromatic N) is 3. The standard InChI is InChI=1S/C21H30N4O3/c1-15-21(16(2)24(3)23-15)22-20(26)14-25(13-18-9-7-11-28-18)12-17-8-5-6-10-19(17)27-4/h5-6,8,10,18H,7,9,11-14H2,1-4H3,(H,22,26)/t18-/m0/s1. The van der Waals surface area contributed by atoms with Crippen molar-refractivity contribution in [3.8, 4) is 5.75 Å². The third kappa shape index (κ3) is 4.91. The van der Waals surface area contributed by atoms with E-state index >= 15 is 0 Å². The van der Waals surface area contributed by atoms with Crippen LogP contribution in [0.25, 0.3) is 0 Å². The summed E-state index contributed by atoms with van der Waals surface area (Å²) in [4.78, 5) is 14.9. The third-order valence-corrected chi connectivity index (χ3v) is 5.21. The molecule has 0 unspecified atom stereocenters. The van der Waals surface area contributed by atoms with E-state index in [2.05, 4.69) is 15.3 Å². The predicted molar refractivity (Wildman–Crippen MR) is 109 cm³/mol. The van der Waals surface area contributed by atoms with E-state index in [1.165, 1.54) is 0 Å². The number of aromatic nitrogens is 2. The van der Waals surface area contributed by atoms with Gasteiger partial charge in [0.1, 0.15) is 5.75 Å². The van der Waals surface area contributed by atoms with Gasteiger partial charge in [0.2, 0.25) is 5.91 Å². The molecule has 0 aliphatic carbocycles. The molecule has 1 atom stereocenters. The quantitative estimate of drug-likeness (QED) is 0.755. The molecule has 7 heteroatoms. The second kappa shape index (κ2) is 9.21. The van der Waals surface area contributed by atoms with Gasteiger partial charge in [0.15, 0.2) is 0 Å². The van der Waals surface area contributed by atoms with Crippen molar-refractivity contribution in [2.24, 2.45) is 7.05 Å². The van der Waals surface area contributed by atoms with Crippen molar-refractivity contribution in [3.63, 3.8) is 0 Å². The number of nitrogens with one attached hydrogen (secondary N) is 1. The average Bonchev–Trinajstić information content (AvgIpc) is 3.26. The maximum atomic E-state index is 12.8. The van der Waals surface area contributed by atoms with Gasteiger partial charge in [-0.15, -0.1) is 0 Å². The number of carbonyl (C=O) groups is 1. The molecule has 0 spiro atoms. The van der Waals surface area contributed by atoms with Crippen LogP contribution in [0.15, 0.2) is 24.3 Å². The maximum Gasteiger partial charge on any atom is 0.238 e. The van der Waals surface area contributed by atoms with Crippen LogP contribution in [0.4, 0.5) is 5.69 Å². The third-order valence-electron chi connectivity index (χ3n) is 5.21. The number of rotatable bonds is 8. The summed E-state index contributed by atoms with van der Waals surface area (Å²) in [7, 11) is 3.55. The van der Waals surface area contributed by atoms with Crippen LogP contribution in [0, 0.1) is 13.8 Å². The van der Waals surface area contributed by atoms with Gasteiger partial charge in [-0.2, -0.15) is 5.10 Å². The zero-order chi connectivity index (χ0) is 20.1. The Morgan fingerprint density at radius 2 is 2.18 bits per heavy atom. The van der Waals surface area contributed by atoms with E-state index in [0.717, 1.165) is 54.4 Å². The fourth-order valence-electron chi connectivity index (χ4n) is 3.67. The highest BCUT2D eigenvalue weighted by atomic mass is 16.5. The lowest BCUT2D eigenvalue weighted by Crippen LogP contribution is -2.38. The topological polar surface area (TPSA) is 68.6 Å². The zero-order valence-corrected chi connectivity index (χ0v) is 17.2. The summed E-state index contributed by atoms with van der Waals surface area (Å²) >= 11 is 0. The van der Waals surface area contributed by atoms with Crippen molar-refractivity contribution in [1.29, 1.82) is 0 Å². The van der Waals surface area contributed by atoms with Crippen molar-refractivity contribution in [2.45, 2.75) is 39.3 Å². The van der Waals surface area contributed by atoms with Crippen LogP contribution in [-0.4, -0.2) is 53.5 Å². The number of hydrogen-bond acceptors (Lipinski definition) is 5. The minimum Gasteiger partial charge on any atom is -0.496 e. The summed E-state index contributed by atoms with van der Waals surface area (Å²) in [6, 6.07) is 7.93. The Kier molecular flexibility index (Phi) is 6.70. The minimum atomic E-state index is -0.0490. The first-order valence-corrected chi connectivity index (χ1v) is 9.73. The van der Waals surface area contributed by atoms with Crippen molar-refractivity contribution in [1.82, 2.24) is 14.7 Å². The van der Waals surface area contributed by atoms with E-state index < -0.39 is 0 Å². The molecule has 1 N–H and O–H groups in total. The Morgan fingerprint density at radius 1 is 1.39 bits per heavy atom. The fraction of sp³-hybridized carbons (Fsp3) is 0.524. The molecule has 1 fully saturated rings. The normalized spacial score (nSPS) is 16.5. The first kappa shape index (κ1) is 20.4. The van der Waals surface area contributed by atoms with Crippen LogP contribution in [0.2, 0.25) is 0 Å². The molecular weight excluding hydrogens is 356 g/mol. The first-order valence-electron chi connectivity index (χ1n) is 9.73. The molecule has 0 saturated carbocycles. The van der Waals surface area contributed by atoms with Gasteiger partial charge in [-0.3, -0.25) is 14.4 Å². The number of hydrogen-bond donors (Lipinski definition) is 1.